The molecule has 1 aromatic heterocycles. The van der Waals surface area contributed by atoms with Crippen molar-refractivity contribution in [2.45, 2.75) is 6.04 Å². The zero-order chi connectivity index (χ0) is 13.1. The molecule has 0 radical (unpaired) electrons. The fraction of sp³-hybridized carbons (Fsp3) is 0.167. The molecule has 0 aliphatic heterocycles. The summed E-state index contributed by atoms with van der Waals surface area (Å²) in [5, 5.41) is 4.14. The Balaban J connectivity index is 2.39. The van der Waals surface area contributed by atoms with Crippen LogP contribution in [0, 0.1) is 0 Å². The lowest BCUT2D eigenvalue weighted by Gasteiger charge is -2.17. The van der Waals surface area contributed by atoms with Crippen LogP contribution in [0.25, 0.3) is 0 Å². The second-order valence-electron chi connectivity index (χ2n) is 3.85. The summed E-state index contributed by atoms with van der Waals surface area (Å²) in [6.45, 7) is 0.377. The minimum Gasteiger partial charge on any atom is -0.366 e. The number of benzene rings is 1. The van der Waals surface area contributed by atoms with Crippen LogP contribution in [0.2, 0.25) is 0 Å². The highest BCUT2D eigenvalue weighted by Crippen LogP contribution is 2.25. The van der Waals surface area contributed by atoms with Crippen molar-refractivity contribution in [1.29, 1.82) is 0 Å². The lowest BCUT2D eigenvalue weighted by Crippen LogP contribution is -2.21. The molecular weight excluding hydrogens is 296 g/mol. The Hall–Kier alpha value is -1.66. The van der Waals surface area contributed by atoms with Crippen LogP contribution in [-0.2, 0) is 0 Å². The third-order valence-corrected chi connectivity index (χ3v) is 3.42. The maximum atomic E-state index is 11.1. The zero-order valence-corrected chi connectivity index (χ0v) is 11.2. The number of halogens is 1. The van der Waals surface area contributed by atoms with Crippen molar-refractivity contribution in [2.24, 2.45) is 11.5 Å². The molecule has 2 rings (SSSR count). The highest BCUT2D eigenvalue weighted by atomic mass is 79.9. The molecule has 2 aromatic rings. The van der Waals surface area contributed by atoms with E-state index in [1.54, 1.807) is 10.9 Å². The Kier molecular flexibility index (Phi) is 3.78. The van der Waals surface area contributed by atoms with E-state index in [1.807, 2.05) is 24.3 Å². The molecule has 0 bridgehead atoms. The Morgan fingerprint density at radius 1 is 1.44 bits per heavy atom. The van der Waals surface area contributed by atoms with Crippen LogP contribution in [0.4, 0.5) is 0 Å². The molecule has 0 fully saturated rings. The van der Waals surface area contributed by atoms with Gasteiger partial charge in [-0.25, -0.2) is 0 Å². The number of primary amides is 1. The van der Waals surface area contributed by atoms with Gasteiger partial charge in [-0.2, -0.15) is 5.10 Å². The fourth-order valence-corrected chi connectivity index (χ4v) is 2.31. The van der Waals surface area contributed by atoms with Crippen molar-refractivity contribution in [3.8, 4) is 0 Å². The molecule has 0 aliphatic carbocycles. The van der Waals surface area contributed by atoms with Gasteiger partial charge in [0.25, 0.3) is 5.91 Å². The van der Waals surface area contributed by atoms with E-state index in [0.717, 1.165) is 10.0 Å². The monoisotopic (exact) mass is 308 g/mol. The number of amides is 1. The van der Waals surface area contributed by atoms with Gasteiger partial charge in [-0.05, 0) is 11.6 Å². The summed E-state index contributed by atoms with van der Waals surface area (Å²) in [5.74, 6) is -0.496. The minimum absolute atomic E-state index is 0.131. The highest BCUT2D eigenvalue weighted by molar-refractivity contribution is 9.10. The first-order valence-electron chi connectivity index (χ1n) is 5.42. The van der Waals surface area contributed by atoms with Gasteiger partial charge in [0.1, 0.15) is 0 Å². The topological polar surface area (TPSA) is 86.9 Å². The number of aromatic nitrogens is 2. The second kappa shape index (κ2) is 5.32. The average Bonchev–Trinajstić information content (AvgIpc) is 2.82. The number of rotatable bonds is 4. The molecule has 94 valence electrons. The molecule has 0 saturated heterocycles. The van der Waals surface area contributed by atoms with E-state index >= 15 is 0 Å². The third kappa shape index (κ3) is 2.44. The van der Waals surface area contributed by atoms with Crippen LogP contribution in [0.5, 0.6) is 0 Å². The van der Waals surface area contributed by atoms with E-state index < -0.39 is 5.91 Å². The van der Waals surface area contributed by atoms with Gasteiger partial charge < -0.3 is 11.5 Å². The van der Waals surface area contributed by atoms with E-state index in [4.69, 9.17) is 11.5 Å². The second-order valence-corrected chi connectivity index (χ2v) is 4.70. The Labute approximate surface area is 113 Å². The zero-order valence-electron chi connectivity index (χ0n) is 9.58. The summed E-state index contributed by atoms with van der Waals surface area (Å²) in [4.78, 5) is 11.1. The van der Waals surface area contributed by atoms with Gasteiger partial charge in [0.15, 0.2) is 0 Å². The number of hydrogen-bond acceptors (Lipinski definition) is 3. The molecule has 1 atom stereocenters. The number of hydrogen-bond donors (Lipinski definition) is 2. The first-order chi connectivity index (χ1) is 8.63. The SMILES string of the molecule is NCC(c1ccccc1Br)n1cc(C(N)=O)cn1. The smallest absolute Gasteiger partial charge is 0.251 e. The summed E-state index contributed by atoms with van der Waals surface area (Å²) >= 11 is 3.48. The van der Waals surface area contributed by atoms with E-state index in [9.17, 15) is 4.79 Å². The maximum Gasteiger partial charge on any atom is 0.251 e. The normalized spacial score (nSPS) is 12.3. The van der Waals surface area contributed by atoms with Crippen molar-refractivity contribution in [3.05, 3.63) is 52.3 Å². The van der Waals surface area contributed by atoms with Crippen molar-refractivity contribution < 1.29 is 4.79 Å². The highest BCUT2D eigenvalue weighted by Gasteiger charge is 2.16. The summed E-state index contributed by atoms with van der Waals surface area (Å²) in [5.41, 5.74) is 12.4. The van der Waals surface area contributed by atoms with E-state index in [0.29, 0.717) is 12.1 Å². The van der Waals surface area contributed by atoms with Gasteiger partial charge in [0.05, 0.1) is 17.8 Å². The first kappa shape index (κ1) is 12.8. The molecule has 1 aromatic carbocycles. The Morgan fingerprint density at radius 3 is 2.72 bits per heavy atom. The van der Waals surface area contributed by atoms with Crippen LogP contribution >= 0.6 is 15.9 Å². The number of nitrogens with two attached hydrogens (primary N) is 2. The van der Waals surface area contributed by atoms with Crippen LogP contribution in [0.15, 0.2) is 41.1 Å². The van der Waals surface area contributed by atoms with Gasteiger partial charge in [-0.15, -0.1) is 0 Å². The van der Waals surface area contributed by atoms with Crippen molar-refractivity contribution in [2.75, 3.05) is 6.54 Å². The van der Waals surface area contributed by atoms with Crippen molar-refractivity contribution >= 4 is 21.8 Å². The first-order valence-corrected chi connectivity index (χ1v) is 6.21. The van der Waals surface area contributed by atoms with Gasteiger partial charge in [-0.3, -0.25) is 9.48 Å². The molecule has 18 heavy (non-hydrogen) atoms. The van der Waals surface area contributed by atoms with E-state index in [-0.39, 0.29) is 6.04 Å². The van der Waals surface area contributed by atoms with Crippen molar-refractivity contribution in [1.82, 2.24) is 9.78 Å². The number of nitrogens with zero attached hydrogens (tertiary/aromatic N) is 2. The Bertz CT molecular complexity index is 567. The van der Waals surface area contributed by atoms with E-state index in [1.165, 1.54) is 6.20 Å². The molecule has 6 heteroatoms. The minimum atomic E-state index is -0.496. The predicted molar refractivity (Wildman–Crippen MR) is 72.1 cm³/mol. The summed E-state index contributed by atoms with van der Waals surface area (Å²) in [7, 11) is 0. The van der Waals surface area contributed by atoms with Crippen LogP contribution in [0.1, 0.15) is 22.0 Å². The third-order valence-electron chi connectivity index (χ3n) is 2.69. The molecule has 1 amide bonds. The van der Waals surface area contributed by atoms with Gasteiger partial charge in [0.2, 0.25) is 0 Å². The van der Waals surface area contributed by atoms with Crippen LogP contribution in [0.3, 0.4) is 0 Å². The predicted octanol–water partition coefficient (Wildman–Crippen LogP) is 1.29. The van der Waals surface area contributed by atoms with Gasteiger partial charge in [-0.1, -0.05) is 34.1 Å². The summed E-state index contributed by atoms with van der Waals surface area (Å²) in [6, 6.07) is 7.64. The molecule has 1 heterocycles. The lowest BCUT2D eigenvalue weighted by atomic mass is 10.1. The molecule has 0 aliphatic rings. The molecule has 4 N–H and O–H groups in total. The van der Waals surface area contributed by atoms with E-state index in [2.05, 4.69) is 21.0 Å². The largest absolute Gasteiger partial charge is 0.366 e. The average molecular weight is 309 g/mol. The molecule has 1 unspecified atom stereocenters. The summed E-state index contributed by atoms with van der Waals surface area (Å²) < 4.78 is 2.61. The van der Waals surface area contributed by atoms with Crippen LogP contribution in [-0.4, -0.2) is 22.2 Å². The number of carbonyl (C=O) groups excluding carboxylic acids is 1. The standard InChI is InChI=1S/C12H13BrN4O/c13-10-4-2-1-3-9(10)11(5-14)17-7-8(6-16-17)12(15)18/h1-4,6-7,11H,5,14H2,(H2,15,18). The van der Waals surface area contributed by atoms with Crippen molar-refractivity contribution in [3.63, 3.8) is 0 Å². The number of carbonyl (C=O) groups is 1. The Morgan fingerprint density at radius 2 is 2.17 bits per heavy atom. The maximum absolute atomic E-state index is 11.1. The quantitative estimate of drug-likeness (QED) is 0.892. The molecule has 0 saturated carbocycles. The van der Waals surface area contributed by atoms with Crippen LogP contribution < -0.4 is 11.5 Å². The summed E-state index contributed by atoms with van der Waals surface area (Å²) in [6.07, 6.45) is 3.06. The lowest BCUT2D eigenvalue weighted by molar-refractivity contribution is 0.1000. The van der Waals surface area contributed by atoms with Gasteiger partial charge in [0, 0.05) is 17.2 Å². The van der Waals surface area contributed by atoms with Gasteiger partial charge >= 0.3 is 0 Å². The fourth-order valence-electron chi connectivity index (χ4n) is 1.76. The molecular formula is C12H13BrN4O. The molecule has 0 spiro atoms. The molecule has 5 nitrogen and oxygen atoms in total.